The number of nitrogen functional groups attached to an aromatic ring is 1. The molecule has 17 heavy (non-hydrogen) atoms. The minimum Gasteiger partial charge on any atom is -0.397 e. The molecule has 2 aromatic rings. The van der Waals surface area contributed by atoms with Gasteiger partial charge in [0.05, 0.1) is 16.4 Å². The van der Waals surface area contributed by atoms with Gasteiger partial charge in [0.25, 0.3) is 10.0 Å². The minimum absolute atomic E-state index is 0.256. The molecule has 0 radical (unpaired) electrons. The zero-order chi connectivity index (χ0) is 12.5. The average Bonchev–Trinajstić information content (AvgIpc) is 2.77. The van der Waals surface area contributed by atoms with Crippen LogP contribution in [0.2, 0.25) is 5.02 Å². The van der Waals surface area contributed by atoms with Gasteiger partial charge in [-0.15, -0.1) is 11.3 Å². The molecule has 0 amide bonds. The normalized spacial score (nSPS) is 11.4. The van der Waals surface area contributed by atoms with Crippen LogP contribution in [0, 0.1) is 0 Å². The van der Waals surface area contributed by atoms with E-state index in [1.807, 2.05) is 0 Å². The maximum absolute atomic E-state index is 11.9. The Kier molecular flexibility index (Phi) is 3.28. The molecule has 1 heterocycles. The second kappa shape index (κ2) is 4.56. The minimum atomic E-state index is -3.53. The van der Waals surface area contributed by atoms with Gasteiger partial charge in [-0.25, -0.2) is 8.42 Å². The maximum atomic E-state index is 11.9. The summed E-state index contributed by atoms with van der Waals surface area (Å²) < 4.78 is 26.5. The van der Waals surface area contributed by atoms with E-state index in [9.17, 15) is 8.42 Å². The van der Waals surface area contributed by atoms with Crippen molar-refractivity contribution in [3.05, 3.63) is 40.7 Å². The molecule has 2 rings (SSSR count). The molecule has 0 spiro atoms. The van der Waals surface area contributed by atoms with E-state index in [2.05, 4.69) is 4.72 Å². The topological polar surface area (TPSA) is 72.2 Å². The van der Waals surface area contributed by atoms with E-state index < -0.39 is 10.0 Å². The molecule has 0 aliphatic heterocycles. The molecule has 3 N–H and O–H groups in total. The summed E-state index contributed by atoms with van der Waals surface area (Å²) >= 11 is 6.90. The summed E-state index contributed by atoms with van der Waals surface area (Å²) in [5.74, 6) is 0. The molecule has 0 atom stereocenters. The molecule has 0 saturated carbocycles. The van der Waals surface area contributed by atoms with Crippen LogP contribution in [0.25, 0.3) is 0 Å². The number of benzene rings is 1. The number of hydrogen-bond donors (Lipinski definition) is 2. The fourth-order valence-corrected chi connectivity index (χ4v) is 3.39. The predicted octanol–water partition coefficient (Wildman–Crippen LogP) is 2.78. The molecule has 7 heteroatoms. The highest BCUT2D eigenvalue weighted by Crippen LogP contribution is 2.25. The first-order valence-electron chi connectivity index (χ1n) is 4.60. The van der Waals surface area contributed by atoms with Crippen LogP contribution in [0.4, 0.5) is 11.4 Å². The predicted molar refractivity (Wildman–Crippen MR) is 71.0 cm³/mol. The van der Waals surface area contributed by atoms with E-state index in [1.165, 1.54) is 12.1 Å². The lowest BCUT2D eigenvalue weighted by Crippen LogP contribution is -2.11. The highest BCUT2D eigenvalue weighted by molar-refractivity contribution is 7.94. The van der Waals surface area contributed by atoms with Gasteiger partial charge in [0, 0.05) is 0 Å². The smallest absolute Gasteiger partial charge is 0.271 e. The van der Waals surface area contributed by atoms with Crippen molar-refractivity contribution < 1.29 is 8.42 Å². The first kappa shape index (κ1) is 12.2. The Balaban J connectivity index is 2.30. The Labute approximate surface area is 108 Å². The molecule has 1 aromatic carbocycles. The lowest BCUT2D eigenvalue weighted by Gasteiger charge is -2.07. The van der Waals surface area contributed by atoms with E-state index in [0.717, 1.165) is 11.3 Å². The second-order valence-electron chi connectivity index (χ2n) is 3.27. The highest BCUT2D eigenvalue weighted by atomic mass is 35.5. The Morgan fingerprint density at radius 1 is 1.29 bits per heavy atom. The molecule has 1 aromatic heterocycles. The van der Waals surface area contributed by atoms with E-state index in [4.69, 9.17) is 17.3 Å². The summed E-state index contributed by atoms with van der Waals surface area (Å²) in [5, 5.41) is 2.09. The van der Waals surface area contributed by atoms with Crippen molar-refractivity contribution in [2.45, 2.75) is 4.21 Å². The van der Waals surface area contributed by atoms with Gasteiger partial charge in [-0.1, -0.05) is 17.7 Å². The summed E-state index contributed by atoms with van der Waals surface area (Å²) in [5.41, 5.74) is 6.31. The van der Waals surface area contributed by atoms with Crippen molar-refractivity contribution in [2.24, 2.45) is 0 Å². The highest BCUT2D eigenvalue weighted by Gasteiger charge is 2.15. The molecular weight excluding hydrogens is 280 g/mol. The van der Waals surface area contributed by atoms with Crippen molar-refractivity contribution in [3.63, 3.8) is 0 Å². The van der Waals surface area contributed by atoms with Crippen LogP contribution >= 0.6 is 22.9 Å². The number of hydrogen-bond acceptors (Lipinski definition) is 4. The van der Waals surface area contributed by atoms with Crippen LogP contribution < -0.4 is 10.5 Å². The summed E-state index contributed by atoms with van der Waals surface area (Å²) in [6.45, 7) is 0. The van der Waals surface area contributed by atoms with Crippen LogP contribution in [-0.4, -0.2) is 8.42 Å². The number of thiophene rings is 1. The SMILES string of the molecule is Nc1cc(NS(=O)(=O)c2cccs2)ccc1Cl. The van der Waals surface area contributed by atoms with Crippen molar-refractivity contribution in [1.82, 2.24) is 0 Å². The van der Waals surface area contributed by atoms with Crippen LogP contribution in [-0.2, 0) is 10.0 Å². The number of rotatable bonds is 3. The molecule has 0 fully saturated rings. The number of nitrogens with one attached hydrogen (secondary N) is 1. The van der Waals surface area contributed by atoms with Gasteiger partial charge in [-0.05, 0) is 29.6 Å². The van der Waals surface area contributed by atoms with Crippen LogP contribution in [0.15, 0.2) is 39.9 Å². The summed E-state index contributed by atoms with van der Waals surface area (Å²) in [4.78, 5) is 0. The zero-order valence-electron chi connectivity index (χ0n) is 8.55. The number of sulfonamides is 1. The number of nitrogens with two attached hydrogens (primary N) is 1. The lowest BCUT2D eigenvalue weighted by molar-refractivity contribution is 0.603. The Bertz CT molecular complexity index is 624. The first-order valence-corrected chi connectivity index (χ1v) is 7.34. The van der Waals surface area contributed by atoms with Gasteiger partial charge in [0.2, 0.25) is 0 Å². The number of halogens is 1. The molecule has 0 saturated heterocycles. The summed E-state index contributed by atoms with van der Waals surface area (Å²) in [7, 11) is -3.53. The van der Waals surface area contributed by atoms with Gasteiger partial charge in [0.15, 0.2) is 0 Å². The van der Waals surface area contributed by atoms with E-state index in [1.54, 1.807) is 23.6 Å². The summed E-state index contributed by atoms with van der Waals surface area (Å²) in [6, 6.07) is 7.79. The maximum Gasteiger partial charge on any atom is 0.271 e. The molecular formula is C10H9ClN2O2S2. The zero-order valence-corrected chi connectivity index (χ0v) is 10.9. The van der Waals surface area contributed by atoms with E-state index >= 15 is 0 Å². The van der Waals surface area contributed by atoms with Crippen molar-refractivity contribution in [3.8, 4) is 0 Å². The Morgan fingerprint density at radius 3 is 2.65 bits per heavy atom. The van der Waals surface area contributed by atoms with Crippen molar-refractivity contribution in [2.75, 3.05) is 10.5 Å². The summed E-state index contributed by atoms with van der Waals surface area (Å²) in [6.07, 6.45) is 0. The molecule has 0 aliphatic rings. The van der Waals surface area contributed by atoms with Gasteiger partial charge in [0.1, 0.15) is 4.21 Å². The second-order valence-corrected chi connectivity index (χ2v) is 6.54. The number of anilines is 2. The average molecular weight is 289 g/mol. The van der Waals surface area contributed by atoms with Gasteiger partial charge in [-0.2, -0.15) is 0 Å². The standard InChI is InChI=1S/C10H9ClN2O2S2/c11-8-4-3-7(6-9(8)12)13-17(14,15)10-2-1-5-16-10/h1-6,13H,12H2. The van der Waals surface area contributed by atoms with Crippen LogP contribution in [0.1, 0.15) is 0 Å². The van der Waals surface area contributed by atoms with Gasteiger partial charge < -0.3 is 5.73 Å². The third-order valence-electron chi connectivity index (χ3n) is 2.01. The third-order valence-corrected chi connectivity index (χ3v) is 5.13. The van der Waals surface area contributed by atoms with Crippen LogP contribution in [0.3, 0.4) is 0 Å². The Morgan fingerprint density at radius 2 is 2.06 bits per heavy atom. The fourth-order valence-electron chi connectivity index (χ4n) is 1.23. The molecule has 0 bridgehead atoms. The van der Waals surface area contributed by atoms with E-state index in [0.29, 0.717) is 16.4 Å². The van der Waals surface area contributed by atoms with Gasteiger partial charge >= 0.3 is 0 Å². The van der Waals surface area contributed by atoms with Crippen molar-refractivity contribution in [1.29, 1.82) is 0 Å². The third kappa shape index (κ3) is 2.71. The van der Waals surface area contributed by atoms with Crippen molar-refractivity contribution >= 4 is 44.3 Å². The molecule has 0 aliphatic carbocycles. The Hall–Kier alpha value is -1.24. The molecule has 90 valence electrons. The van der Waals surface area contributed by atoms with Crippen LogP contribution in [0.5, 0.6) is 0 Å². The molecule has 0 unspecified atom stereocenters. The van der Waals surface area contributed by atoms with Gasteiger partial charge in [-0.3, -0.25) is 4.72 Å². The molecule has 4 nitrogen and oxygen atoms in total. The first-order chi connectivity index (χ1) is 7.99. The fraction of sp³-hybridized carbons (Fsp3) is 0. The lowest BCUT2D eigenvalue weighted by atomic mass is 10.3. The monoisotopic (exact) mass is 288 g/mol. The quantitative estimate of drug-likeness (QED) is 0.853. The van der Waals surface area contributed by atoms with E-state index in [-0.39, 0.29) is 4.21 Å². The largest absolute Gasteiger partial charge is 0.397 e.